The molecular formula is C24H30F4N8S. The molecule has 0 unspecified atom stereocenters. The number of hydrazone groups is 1. The Morgan fingerprint density at radius 2 is 1.84 bits per heavy atom. The first-order valence-electron chi connectivity index (χ1n) is 11.9. The summed E-state index contributed by atoms with van der Waals surface area (Å²) in [7, 11) is 4.06. The highest BCUT2D eigenvalue weighted by atomic mass is 32.1. The van der Waals surface area contributed by atoms with E-state index in [2.05, 4.69) is 25.3 Å². The summed E-state index contributed by atoms with van der Waals surface area (Å²) in [4.78, 5) is 11.8. The Bertz CT molecular complexity index is 1150. The molecule has 3 N–H and O–H groups in total. The topological polar surface area (TPSA) is 76.3 Å². The molecule has 2 saturated heterocycles. The minimum Gasteiger partial charge on any atom is -0.375 e. The van der Waals surface area contributed by atoms with E-state index < -0.39 is 17.6 Å². The van der Waals surface area contributed by atoms with Crippen molar-refractivity contribution in [2.24, 2.45) is 10.8 Å². The van der Waals surface area contributed by atoms with Gasteiger partial charge in [0, 0.05) is 62.8 Å². The van der Waals surface area contributed by atoms with Crippen molar-refractivity contribution in [1.82, 2.24) is 15.3 Å². The Hall–Kier alpha value is -3.19. The number of piperazine rings is 1. The molecule has 13 heteroatoms. The van der Waals surface area contributed by atoms with Crippen LogP contribution in [-0.4, -0.2) is 80.6 Å². The molecule has 1 aromatic carbocycles. The van der Waals surface area contributed by atoms with Gasteiger partial charge in [0.05, 0.1) is 17.5 Å². The Morgan fingerprint density at radius 1 is 1.14 bits per heavy atom. The molecule has 3 heterocycles. The van der Waals surface area contributed by atoms with Crippen LogP contribution in [0.1, 0.15) is 17.5 Å². The van der Waals surface area contributed by atoms with Gasteiger partial charge in [0.2, 0.25) is 0 Å². The fraction of sp³-hybridized carbons (Fsp3) is 0.458. The largest absolute Gasteiger partial charge is 0.419 e. The molecule has 2 aromatic rings. The van der Waals surface area contributed by atoms with Crippen molar-refractivity contribution in [2.45, 2.75) is 18.6 Å². The Kier molecular flexibility index (Phi) is 8.02. The van der Waals surface area contributed by atoms with Crippen LogP contribution in [0.4, 0.5) is 34.8 Å². The van der Waals surface area contributed by atoms with E-state index >= 15 is 4.39 Å². The van der Waals surface area contributed by atoms with E-state index in [0.717, 1.165) is 31.3 Å². The van der Waals surface area contributed by atoms with Crippen molar-refractivity contribution in [3.8, 4) is 0 Å². The molecule has 0 amide bonds. The summed E-state index contributed by atoms with van der Waals surface area (Å²) in [6.45, 7) is 2.83. The van der Waals surface area contributed by atoms with Crippen molar-refractivity contribution in [3.63, 3.8) is 0 Å². The molecule has 0 saturated carbocycles. The summed E-state index contributed by atoms with van der Waals surface area (Å²) >= 11 is 4.79. The lowest BCUT2D eigenvalue weighted by Crippen LogP contribution is -2.47. The number of benzene rings is 1. The lowest BCUT2D eigenvalue weighted by Gasteiger charge is -2.38. The molecule has 2 fully saturated rings. The average Bonchev–Trinajstić information content (AvgIpc) is 3.34. The van der Waals surface area contributed by atoms with E-state index in [4.69, 9.17) is 18.0 Å². The van der Waals surface area contributed by atoms with Crippen molar-refractivity contribution in [3.05, 3.63) is 47.4 Å². The highest BCUT2D eigenvalue weighted by Gasteiger charge is 2.36. The van der Waals surface area contributed by atoms with Gasteiger partial charge in [0.15, 0.2) is 5.11 Å². The van der Waals surface area contributed by atoms with Crippen LogP contribution in [0.3, 0.4) is 0 Å². The third kappa shape index (κ3) is 6.21. The molecule has 37 heavy (non-hydrogen) atoms. The summed E-state index contributed by atoms with van der Waals surface area (Å²) in [6.07, 6.45) is -0.693. The first kappa shape index (κ1) is 26.9. The van der Waals surface area contributed by atoms with Crippen LogP contribution in [0, 0.1) is 5.82 Å². The zero-order valence-corrected chi connectivity index (χ0v) is 21.5. The number of rotatable bonds is 6. The Morgan fingerprint density at radius 3 is 2.46 bits per heavy atom. The van der Waals surface area contributed by atoms with Crippen LogP contribution < -0.4 is 25.9 Å². The van der Waals surface area contributed by atoms with Crippen molar-refractivity contribution in [1.29, 1.82) is 0 Å². The first-order chi connectivity index (χ1) is 17.5. The van der Waals surface area contributed by atoms with Crippen molar-refractivity contribution < 1.29 is 17.6 Å². The maximum absolute atomic E-state index is 15.4. The number of alkyl halides is 3. The standard InChI is InChI=1S/C24H30F4N8S/c1-33(2)17-5-7-36(15-17)20-13-21(19(25)12-16(20)14-31-32-23(29)37)34-8-10-35(11-9-34)22-18(24(26,27)28)4-3-6-30-22/h3-4,6,12-14,17H,5,7-11,15H2,1-2H3,(H3,29,32,37)/b31-14+/t17-/m1/s1. The van der Waals surface area contributed by atoms with Crippen LogP contribution in [-0.2, 0) is 6.18 Å². The minimum absolute atomic E-state index is 0.00296. The minimum atomic E-state index is -4.50. The molecule has 0 spiro atoms. The number of nitrogens with one attached hydrogen (secondary N) is 1. The summed E-state index contributed by atoms with van der Waals surface area (Å²) in [5.41, 5.74) is 8.97. The second-order valence-corrected chi connectivity index (χ2v) is 9.74. The smallest absolute Gasteiger partial charge is 0.375 e. The summed E-state index contributed by atoms with van der Waals surface area (Å²) in [6, 6.07) is 5.89. The maximum atomic E-state index is 15.4. The van der Waals surface area contributed by atoms with Crippen LogP contribution in [0.15, 0.2) is 35.6 Å². The Balaban J connectivity index is 1.58. The van der Waals surface area contributed by atoms with Crippen molar-refractivity contribution >= 4 is 40.7 Å². The number of thiocarbonyl (C=S) groups is 1. The van der Waals surface area contributed by atoms with Gasteiger partial charge in [-0.3, -0.25) is 5.43 Å². The predicted octanol–water partition coefficient (Wildman–Crippen LogP) is 2.87. The molecule has 0 bridgehead atoms. The highest BCUT2D eigenvalue weighted by Crippen LogP contribution is 2.36. The van der Waals surface area contributed by atoms with Crippen LogP contribution in [0.5, 0.6) is 0 Å². The lowest BCUT2D eigenvalue weighted by molar-refractivity contribution is -0.137. The number of halogens is 4. The van der Waals surface area contributed by atoms with Crippen LogP contribution in [0.25, 0.3) is 0 Å². The van der Waals surface area contributed by atoms with Gasteiger partial charge in [-0.2, -0.15) is 18.3 Å². The fourth-order valence-electron chi connectivity index (χ4n) is 4.76. The molecule has 2 aliphatic heterocycles. The van der Waals surface area contributed by atoms with Gasteiger partial charge in [0.25, 0.3) is 0 Å². The summed E-state index contributed by atoms with van der Waals surface area (Å²) in [5, 5.41) is 4.02. The monoisotopic (exact) mass is 538 g/mol. The van der Waals surface area contributed by atoms with Crippen LogP contribution in [0.2, 0.25) is 0 Å². The van der Waals surface area contributed by atoms with Gasteiger partial charge >= 0.3 is 6.18 Å². The van der Waals surface area contributed by atoms with E-state index in [1.807, 2.05) is 19.0 Å². The van der Waals surface area contributed by atoms with E-state index in [1.54, 1.807) is 11.0 Å². The number of hydrogen-bond donors (Lipinski definition) is 2. The average molecular weight is 539 g/mol. The third-order valence-corrected chi connectivity index (χ3v) is 6.81. The molecule has 1 atom stereocenters. The number of likely N-dealkylation sites (N-methyl/N-ethyl adjacent to an activating group) is 1. The molecule has 1 aromatic heterocycles. The number of nitrogens with two attached hydrogens (primary N) is 1. The SMILES string of the molecule is CN(C)[C@@H]1CCN(c2cc(N3CCN(c4ncccc4C(F)(F)F)CC3)c(F)cc2/C=N/NC(N)=S)C1. The third-order valence-electron chi connectivity index (χ3n) is 6.72. The molecule has 2 aliphatic rings. The molecule has 0 aliphatic carbocycles. The number of nitrogens with zero attached hydrogens (tertiary/aromatic N) is 6. The van der Waals surface area contributed by atoms with Crippen molar-refractivity contribution in [2.75, 3.05) is 68.1 Å². The number of anilines is 3. The van der Waals surface area contributed by atoms with Gasteiger partial charge in [-0.25, -0.2) is 9.37 Å². The number of pyridine rings is 1. The first-order valence-corrected chi connectivity index (χ1v) is 12.3. The molecule has 200 valence electrons. The number of hydrogen-bond acceptors (Lipinski definition) is 7. The summed E-state index contributed by atoms with van der Waals surface area (Å²) < 4.78 is 55.8. The zero-order valence-electron chi connectivity index (χ0n) is 20.7. The van der Waals surface area contributed by atoms with Gasteiger partial charge < -0.3 is 25.3 Å². The zero-order chi connectivity index (χ0) is 26.7. The molecule has 4 rings (SSSR count). The second-order valence-electron chi connectivity index (χ2n) is 9.30. The second kappa shape index (κ2) is 11.1. The van der Waals surface area contributed by atoms with E-state index in [0.29, 0.717) is 30.4 Å². The fourth-order valence-corrected chi connectivity index (χ4v) is 4.82. The quantitative estimate of drug-likeness (QED) is 0.252. The maximum Gasteiger partial charge on any atom is 0.419 e. The molecule has 8 nitrogen and oxygen atoms in total. The molecular weight excluding hydrogens is 508 g/mol. The molecule has 0 radical (unpaired) electrons. The van der Waals surface area contributed by atoms with Gasteiger partial charge in [-0.05, 0) is 57.0 Å². The van der Waals surface area contributed by atoms with Gasteiger partial charge in [-0.15, -0.1) is 0 Å². The van der Waals surface area contributed by atoms with Gasteiger partial charge in [-0.1, -0.05) is 0 Å². The van der Waals surface area contributed by atoms with E-state index in [1.165, 1.54) is 24.5 Å². The summed E-state index contributed by atoms with van der Waals surface area (Å²) in [5.74, 6) is -0.536. The number of aromatic nitrogens is 1. The predicted molar refractivity (Wildman–Crippen MR) is 142 cm³/mol. The Labute approximate surface area is 218 Å². The van der Waals surface area contributed by atoms with Crippen LogP contribution >= 0.6 is 12.2 Å². The lowest BCUT2D eigenvalue weighted by atomic mass is 10.1. The van der Waals surface area contributed by atoms with E-state index in [9.17, 15) is 13.2 Å². The highest BCUT2D eigenvalue weighted by molar-refractivity contribution is 7.80. The van der Waals surface area contributed by atoms with E-state index in [-0.39, 0.29) is 24.0 Å². The van der Waals surface area contributed by atoms with Gasteiger partial charge in [0.1, 0.15) is 11.6 Å². The normalized spacial score (nSPS) is 18.8.